The number of anilines is 1. The Kier molecular flexibility index (Phi) is 7.45. The molecule has 1 atom stereocenters. The van der Waals surface area contributed by atoms with Crippen molar-refractivity contribution in [1.82, 2.24) is 10.3 Å². The molecule has 0 radical (unpaired) electrons. The molecule has 3 aromatic carbocycles. The minimum atomic E-state index is -0.971. The van der Waals surface area contributed by atoms with Gasteiger partial charge in [-0.25, -0.2) is 4.39 Å². The molecule has 0 spiro atoms. The molecule has 1 saturated carbocycles. The zero-order chi connectivity index (χ0) is 25.6. The lowest BCUT2D eigenvalue weighted by atomic mass is 9.94. The van der Waals surface area contributed by atoms with Crippen LogP contribution >= 0.6 is 0 Å². The fraction of sp³-hybridized carbons (Fsp3) is 0.226. The second kappa shape index (κ2) is 11.2. The SMILES string of the molecule is O=C(NC1CCCCC1)[C@H](c1ccc(F)cc1)N(C(=O)c1ccc(-c2ccccc2)[nH]1)c1ccccc1. The number of carbonyl (C=O) groups excluding carboxylic acids is 2. The number of aromatic nitrogens is 1. The van der Waals surface area contributed by atoms with Crippen molar-refractivity contribution in [3.63, 3.8) is 0 Å². The smallest absolute Gasteiger partial charge is 0.275 e. The molecule has 6 heteroatoms. The first kappa shape index (κ1) is 24.5. The molecule has 1 aliphatic carbocycles. The second-order valence-electron chi connectivity index (χ2n) is 9.46. The lowest BCUT2D eigenvalue weighted by Crippen LogP contribution is -2.47. The zero-order valence-electron chi connectivity index (χ0n) is 20.6. The molecule has 1 aromatic heterocycles. The normalized spacial score (nSPS) is 14.6. The van der Waals surface area contributed by atoms with Gasteiger partial charge in [0.25, 0.3) is 5.91 Å². The van der Waals surface area contributed by atoms with Crippen LogP contribution in [0.25, 0.3) is 11.3 Å². The third kappa shape index (κ3) is 5.64. The van der Waals surface area contributed by atoms with Gasteiger partial charge >= 0.3 is 0 Å². The van der Waals surface area contributed by atoms with Crippen molar-refractivity contribution in [2.75, 3.05) is 4.90 Å². The van der Waals surface area contributed by atoms with Crippen LogP contribution in [0.3, 0.4) is 0 Å². The van der Waals surface area contributed by atoms with Gasteiger partial charge in [-0.05, 0) is 60.4 Å². The van der Waals surface area contributed by atoms with Gasteiger partial charge in [-0.1, -0.05) is 79.9 Å². The molecule has 188 valence electrons. The summed E-state index contributed by atoms with van der Waals surface area (Å²) in [7, 11) is 0. The minimum absolute atomic E-state index is 0.0621. The molecule has 5 rings (SSSR count). The van der Waals surface area contributed by atoms with Crippen molar-refractivity contribution < 1.29 is 14.0 Å². The molecule has 0 unspecified atom stereocenters. The Balaban J connectivity index is 1.55. The number of benzene rings is 3. The number of hydrogen-bond acceptors (Lipinski definition) is 2. The molecule has 2 N–H and O–H groups in total. The standard InChI is InChI=1S/C31H30FN3O2/c32-24-18-16-23(17-19-24)29(30(36)33-25-12-6-2-7-13-25)35(26-14-8-3-9-15-26)31(37)28-21-20-27(34-28)22-10-4-1-5-11-22/h1,3-5,8-11,14-21,25,29,34H,2,6-7,12-13H2,(H,33,36)/t29-/m0/s1. The molecular formula is C31H30FN3O2. The molecule has 1 heterocycles. The Bertz CT molecular complexity index is 1330. The van der Waals surface area contributed by atoms with Crippen molar-refractivity contribution in [1.29, 1.82) is 0 Å². The van der Waals surface area contributed by atoms with Gasteiger partial charge in [-0.15, -0.1) is 0 Å². The lowest BCUT2D eigenvalue weighted by Gasteiger charge is -2.33. The summed E-state index contributed by atoms with van der Waals surface area (Å²) in [5.74, 6) is -1.02. The maximum absolute atomic E-state index is 14.1. The van der Waals surface area contributed by atoms with Crippen molar-refractivity contribution in [3.8, 4) is 11.3 Å². The van der Waals surface area contributed by atoms with Gasteiger partial charge in [0.15, 0.2) is 0 Å². The predicted octanol–water partition coefficient (Wildman–Crippen LogP) is 6.66. The molecule has 0 saturated heterocycles. The van der Waals surface area contributed by atoms with E-state index < -0.39 is 11.9 Å². The highest BCUT2D eigenvalue weighted by Gasteiger charge is 2.35. The average Bonchev–Trinajstić information content (AvgIpc) is 3.44. The van der Waals surface area contributed by atoms with Crippen LogP contribution in [0, 0.1) is 5.82 Å². The number of rotatable bonds is 7. The number of para-hydroxylation sites is 1. The number of amides is 2. The molecule has 1 aliphatic rings. The minimum Gasteiger partial charge on any atom is -0.351 e. The van der Waals surface area contributed by atoms with Crippen molar-refractivity contribution in [3.05, 3.63) is 114 Å². The second-order valence-corrected chi connectivity index (χ2v) is 9.46. The lowest BCUT2D eigenvalue weighted by molar-refractivity contribution is -0.123. The Labute approximate surface area is 216 Å². The Morgan fingerprint density at radius 1 is 0.811 bits per heavy atom. The number of nitrogens with zero attached hydrogens (tertiary/aromatic N) is 1. The number of aromatic amines is 1. The quantitative estimate of drug-likeness (QED) is 0.301. The van der Waals surface area contributed by atoms with Crippen LogP contribution in [0.15, 0.2) is 97.1 Å². The summed E-state index contributed by atoms with van der Waals surface area (Å²) in [4.78, 5) is 32.7. The van der Waals surface area contributed by atoms with Crippen LogP contribution in [0.2, 0.25) is 0 Å². The van der Waals surface area contributed by atoms with Gasteiger partial charge in [0.1, 0.15) is 17.6 Å². The fourth-order valence-electron chi connectivity index (χ4n) is 5.00. The van der Waals surface area contributed by atoms with E-state index in [1.165, 1.54) is 23.5 Å². The van der Waals surface area contributed by atoms with Gasteiger partial charge in [-0.2, -0.15) is 0 Å². The van der Waals surface area contributed by atoms with Crippen LogP contribution in [0.4, 0.5) is 10.1 Å². The van der Waals surface area contributed by atoms with Crippen LogP contribution < -0.4 is 10.2 Å². The number of carbonyl (C=O) groups is 2. The van der Waals surface area contributed by atoms with Crippen molar-refractivity contribution in [2.45, 2.75) is 44.2 Å². The number of halogens is 1. The summed E-state index contributed by atoms with van der Waals surface area (Å²) in [5, 5.41) is 3.18. The monoisotopic (exact) mass is 495 g/mol. The van der Waals surface area contributed by atoms with Crippen LogP contribution in [-0.2, 0) is 4.79 Å². The van der Waals surface area contributed by atoms with E-state index in [1.807, 2.05) is 66.7 Å². The van der Waals surface area contributed by atoms with Gasteiger partial charge in [0.05, 0.1) is 0 Å². The predicted molar refractivity (Wildman–Crippen MR) is 144 cm³/mol. The molecule has 1 fully saturated rings. The number of nitrogens with one attached hydrogen (secondary N) is 2. The Hall–Kier alpha value is -4.19. The van der Waals surface area contributed by atoms with Gasteiger partial charge in [0, 0.05) is 17.4 Å². The molecule has 37 heavy (non-hydrogen) atoms. The first-order chi connectivity index (χ1) is 18.1. The van der Waals surface area contributed by atoms with Gasteiger partial charge in [0.2, 0.25) is 5.91 Å². The summed E-state index contributed by atoms with van der Waals surface area (Å²) < 4.78 is 13.8. The highest BCUT2D eigenvalue weighted by Crippen LogP contribution is 2.31. The van der Waals surface area contributed by atoms with Gasteiger partial charge < -0.3 is 10.3 Å². The topological polar surface area (TPSA) is 65.2 Å². The van der Waals surface area contributed by atoms with E-state index in [9.17, 15) is 14.0 Å². The average molecular weight is 496 g/mol. The van der Waals surface area contributed by atoms with Crippen LogP contribution in [0.5, 0.6) is 0 Å². The van der Waals surface area contributed by atoms with Crippen LogP contribution in [0.1, 0.15) is 54.2 Å². The third-order valence-electron chi connectivity index (χ3n) is 6.90. The van der Waals surface area contributed by atoms with E-state index in [4.69, 9.17) is 0 Å². The zero-order valence-corrected chi connectivity index (χ0v) is 20.6. The fourth-order valence-corrected chi connectivity index (χ4v) is 5.00. The summed E-state index contributed by atoms with van der Waals surface area (Å²) in [6, 6.07) is 27.4. The van der Waals surface area contributed by atoms with E-state index in [-0.39, 0.29) is 17.9 Å². The van der Waals surface area contributed by atoms with E-state index in [0.29, 0.717) is 16.9 Å². The Morgan fingerprint density at radius 3 is 2.14 bits per heavy atom. The van der Waals surface area contributed by atoms with Crippen molar-refractivity contribution >= 4 is 17.5 Å². The molecular weight excluding hydrogens is 465 g/mol. The molecule has 0 bridgehead atoms. The highest BCUT2D eigenvalue weighted by atomic mass is 19.1. The summed E-state index contributed by atoms with van der Waals surface area (Å²) >= 11 is 0. The maximum Gasteiger partial charge on any atom is 0.275 e. The maximum atomic E-state index is 14.1. The largest absolute Gasteiger partial charge is 0.351 e. The molecule has 5 nitrogen and oxygen atoms in total. The van der Waals surface area contributed by atoms with E-state index in [2.05, 4.69) is 10.3 Å². The first-order valence-corrected chi connectivity index (χ1v) is 12.8. The summed E-state index contributed by atoms with van der Waals surface area (Å²) in [5.41, 5.74) is 3.25. The summed E-state index contributed by atoms with van der Waals surface area (Å²) in [6.07, 6.45) is 5.13. The van der Waals surface area contributed by atoms with Crippen LogP contribution in [-0.4, -0.2) is 22.8 Å². The highest BCUT2D eigenvalue weighted by molar-refractivity contribution is 6.09. The van der Waals surface area contributed by atoms with E-state index >= 15 is 0 Å². The van der Waals surface area contributed by atoms with E-state index in [0.717, 1.165) is 36.9 Å². The van der Waals surface area contributed by atoms with Gasteiger partial charge in [-0.3, -0.25) is 14.5 Å². The molecule has 0 aliphatic heterocycles. The summed E-state index contributed by atoms with van der Waals surface area (Å²) in [6.45, 7) is 0. The molecule has 2 amide bonds. The number of hydrogen-bond donors (Lipinski definition) is 2. The third-order valence-corrected chi connectivity index (χ3v) is 6.90. The molecule has 4 aromatic rings. The Morgan fingerprint density at radius 2 is 1.46 bits per heavy atom. The first-order valence-electron chi connectivity index (χ1n) is 12.8. The van der Waals surface area contributed by atoms with Crippen molar-refractivity contribution in [2.24, 2.45) is 0 Å². The number of H-pyrrole nitrogens is 1. The van der Waals surface area contributed by atoms with E-state index in [1.54, 1.807) is 18.2 Å².